The fraction of sp³-hybridized carbons (Fsp3) is 0.500. The molecular weight excluding hydrogens is 224 g/mol. The number of carbonyl (C=O) groups is 2. The highest BCUT2D eigenvalue weighted by atomic mass is 16.5. The molecule has 0 aromatic carbocycles. The third kappa shape index (κ3) is 5.01. The van der Waals surface area contributed by atoms with Crippen molar-refractivity contribution in [1.82, 2.24) is 20.4 Å². The molecule has 0 unspecified atom stereocenters. The van der Waals surface area contributed by atoms with E-state index in [1.54, 1.807) is 31.0 Å². The van der Waals surface area contributed by atoms with Crippen LogP contribution in [0.25, 0.3) is 0 Å². The number of aryl methyl sites for hydroxylation is 1. The largest absolute Gasteiger partial charge is 0.465 e. The number of nitrogens with zero attached hydrogens (tertiary/aromatic N) is 2. The molecule has 2 N–H and O–H groups in total. The van der Waals surface area contributed by atoms with Gasteiger partial charge in [0, 0.05) is 25.4 Å². The first-order chi connectivity index (χ1) is 8.11. The van der Waals surface area contributed by atoms with Gasteiger partial charge >= 0.3 is 12.0 Å². The van der Waals surface area contributed by atoms with Crippen LogP contribution in [0.4, 0.5) is 4.79 Å². The van der Waals surface area contributed by atoms with Crippen molar-refractivity contribution in [1.29, 1.82) is 0 Å². The summed E-state index contributed by atoms with van der Waals surface area (Å²) in [6.07, 6.45) is 3.46. The van der Waals surface area contributed by atoms with E-state index in [1.807, 2.05) is 0 Å². The number of aromatic nitrogens is 2. The molecule has 0 fully saturated rings. The van der Waals surface area contributed by atoms with Crippen LogP contribution >= 0.6 is 0 Å². The molecule has 7 nitrogen and oxygen atoms in total. The number of ether oxygens (including phenoxy) is 1. The fourth-order valence-electron chi connectivity index (χ4n) is 1.17. The lowest BCUT2D eigenvalue weighted by Crippen LogP contribution is -2.38. The molecule has 0 aliphatic heterocycles. The number of carbonyl (C=O) groups excluding carboxylic acids is 2. The van der Waals surface area contributed by atoms with Crippen LogP contribution in [0.3, 0.4) is 0 Å². The summed E-state index contributed by atoms with van der Waals surface area (Å²) < 4.78 is 6.31. The molecule has 17 heavy (non-hydrogen) atoms. The Balaban J connectivity index is 2.19. The highest BCUT2D eigenvalue weighted by Crippen LogP contribution is 1.94. The average Bonchev–Trinajstić information content (AvgIpc) is 2.70. The Morgan fingerprint density at radius 2 is 2.24 bits per heavy atom. The maximum absolute atomic E-state index is 11.3. The number of rotatable bonds is 5. The SMILES string of the molecule is CCOC(=O)CNC(=O)NCc1cnn(C)c1. The molecule has 1 aromatic heterocycles. The van der Waals surface area contributed by atoms with Crippen molar-refractivity contribution in [3.8, 4) is 0 Å². The van der Waals surface area contributed by atoms with Crippen molar-refractivity contribution >= 4 is 12.0 Å². The molecule has 1 rings (SSSR count). The average molecular weight is 240 g/mol. The molecule has 0 aliphatic rings. The first kappa shape index (κ1) is 13.0. The third-order valence-corrected chi connectivity index (χ3v) is 1.91. The second kappa shape index (κ2) is 6.51. The lowest BCUT2D eigenvalue weighted by Gasteiger charge is -2.05. The van der Waals surface area contributed by atoms with Crippen molar-refractivity contribution in [3.63, 3.8) is 0 Å². The summed E-state index contributed by atoms with van der Waals surface area (Å²) in [5.74, 6) is -0.455. The van der Waals surface area contributed by atoms with Gasteiger partial charge in [-0.05, 0) is 6.92 Å². The van der Waals surface area contributed by atoms with Crippen LogP contribution in [0, 0.1) is 0 Å². The molecule has 1 heterocycles. The Kier molecular flexibility index (Phi) is 4.99. The Morgan fingerprint density at radius 1 is 1.47 bits per heavy atom. The van der Waals surface area contributed by atoms with Crippen molar-refractivity contribution in [2.75, 3.05) is 13.2 Å². The summed E-state index contributed by atoms with van der Waals surface area (Å²) in [6, 6.07) is -0.415. The first-order valence-corrected chi connectivity index (χ1v) is 5.26. The van der Waals surface area contributed by atoms with Crippen LogP contribution < -0.4 is 10.6 Å². The number of amides is 2. The fourth-order valence-corrected chi connectivity index (χ4v) is 1.17. The maximum Gasteiger partial charge on any atom is 0.325 e. The number of esters is 1. The molecule has 2 amide bonds. The monoisotopic (exact) mass is 240 g/mol. The molecule has 7 heteroatoms. The summed E-state index contributed by atoms with van der Waals surface area (Å²) in [5.41, 5.74) is 0.888. The van der Waals surface area contributed by atoms with E-state index in [4.69, 9.17) is 0 Å². The van der Waals surface area contributed by atoms with Gasteiger partial charge in [-0.25, -0.2) is 4.79 Å². The van der Waals surface area contributed by atoms with E-state index in [0.717, 1.165) is 5.56 Å². The Morgan fingerprint density at radius 3 is 2.82 bits per heavy atom. The molecule has 0 aliphatic carbocycles. The van der Waals surface area contributed by atoms with Crippen LogP contribution in [-0.4, -0.2) is 34.9 Å². The second-order valence-corrected chi connectivity index (χ2v) is 3.36. The Hall–Kier alpha value is -2.05. The van der Waals surface area contributed by atoms with E-state index in [2.05, 4.69) is 20.5 Å². The topological polar surface area (TPSA) is 85.2 Å². The minimum Gasteiger partial charge on any atom is -0.465 e. The lowest BCUT2D eigenvalue weighted by atomic mass is 10.4. The summed E-state index contributed by atoms with van der Waals surface area (Å²) in [5, 5.41) is 8.96. The zero-order valence-electron chi connectivity index (χ0n) is 9.90. The molecule has 1 aromatic rings. The molecule has 0 bridgehead atoms. The normalized spacial score (nSPS) is 9.76. The zero-order valence-corrected chi connectivity index (χ0v) is 9.90. The van der Waals surface area contributed by atoms with Crippen LogP contribution in [0.15, 0.2) is 12.4 Å². The van der Waals surface area contributed by atoms with Crippen molar-refractivity contribution in [2.24, 2.45) is 7.05 Å². The van der Waals surface area contributed by atoms with Gasteiger partial charge in [-0.1, -0.05) is 0 Å². The van der Waals surface area contributed by atoms with Crippen molar-refractivity contribution in [3.05, 3.63) is 18.0 Å². The van der Waals surface area contributed by atoms with Gasteiger partial charge in [-0.3, -0.25) is 9.48 Å². The van der Waals surface area contributed by atoms with Gasteiger partial charge in [0.25, 0.3) is 0 Å². The van der Waals surface area contributed by atoms with E-state index in [-0.39, 0.29) is 6.54 Å². The summed E-state index contributed by atoms with van der Waals surface area (Å²) in [7, 11) is 1.80. The quantitative estimate of drug-likeness (QED) is 0.697. The van der Waals surface area contributed by atoms with Crippen LogP contribution in [-0.2, 0) is 23.1 Å². The molecule has 0 atom stereocenters. The minimum absolute atomic E-state index is 0.132. The van der Waals surface area contributed by atoms with Gasteiger partial charge in [-0.15, -0.1) is 0 Å². The third-order valence-electron chi connectivity index (χ3n) is 1.91. The smallest absolute Gasteiger partial charge is 0.325 e. The Bertz CT molecular complexity index is 389. The van der Waals surface area contributed by atoms with Crippen molar-refractivity contribution < 1.29 is 14.3 Å². The molecule has 0 saturated carbocycles. The maximum atomic E-state index is 11.3. The number of hydrogen-bond acceptors (Lipinski definition) is 4. The predicted molar refractivity (Wildman–Crippen MR) is 60.1 cm³/mol. The zero-order chi connectivity index (χ0) is 12.7. The Labute approximate surface area is 99.1 Å². The summed E-state index contributed by atoms with van der Waals surface area (Å²) >= 11 is 0. The summed E-state index contributed by atoms with van der Waals surface area (Å²) in [4.78, 5) is 22.2. The van der Waals surface area contributed by atoms with E-state index < -0.39 is 12.0 Å². The van der Waals surface area contributed by atoms with Crippen LogP contribution in [0.1, 0.15) is 12.5 Å². The lowest BCUT2D eigenvalue weighted by molar-refractivity contribution is -0.141. The van der Waals surface area contributed by atoms with Gasteiger partial charge in [-0.2, -0.15) is 5.10 Å². The highest BCUT2D eigenvalue weighted by Gasteiger charge is 2.05. The molecule has 94 valence electrons. The van der Waals surface area contributed by atoms with Crippen molar-refractivity contribution in [2.45, 2.75) is 13.5 Å². The van der Waals surface area contributed by atoms with E-state index in [9.17, 15) is 9.59 Å². The number of urea groups is 1. The molecule has 0 saturated heterocycles. The van der Waals surface area contributed by atoms with Crippen LogP contribution in [0.5, 0.6) is 0 Å². The van der Waals surface area contributed by atoms with Gasteiger partial charge in [0.1, 0.15) is 6.54 Å². The van der Waals surface area contributed by atoms with Gasteiger partial charge < -0.3 is 15.4 Å². The number of nitrogens with one attached hydrogen (secondary N) is 2. The molecule has 0 radical (unpaired) electrons. The van der Waals surface area contributed by atoms with Gasteiger partial charge in [0.2, 0.25) is 0 Å². The van der Waals surface area contributed by atoms with Gasteiger partial charge in [0.05, 0.1) is 12.8 Å². The minimum atomic E-state index is -0.455. The van der Waals surface area contributed by atoms with E-state index >= 15 is 0 Å². The van der Waals surface area contributed by atoms with E-state index in [1.165, 1.54) is 0 Å². The summed E-state index contributed by atoms with van der Waals surface area (Å²) in [6.45, 7) is 2.24. The van der Waals surface area contributed by atoms with Crippen LogP contribution in [0.2, 0.25) is 0 Å². The highest BCUT2D eigenvalue weighted by molar-refractivity contribution is 5.80. The number of hydrogen-bond donors (Lipinski definition) is 2. The predicted octanol–water partition coefficient (Wildman–Crippen LogP) is -0.218. The van der Waals surface area contributed by atoms with Gasteiger partial charge in [0.15, 0.2) is 0 Å². The molecular formula is C10H16N4O3. The molecule has 0 spiro atoms. The standard InChI is InChI=1S/C10H16N4O3/c1-3-17-9(15)6-12-10(16)11-4-8-5-13-14(2)7-8/h5,7H,3-4,6H2,1-2H3,(H2,11,12,16). The van der Waals surface area contributed by atoms with E-state index in [0.29, 0.717) is 13.2 Å². The second-order valence-electron chi connectivity index (χ2n) is 3.36. The first-order valence-electron chi connectivity index (χ1n) is 5.26.